The molecule has 3 unspecified atom stereocenters. The van der Waals surface area contributed by atoms with Gasteiger partial charge < -0.3 is 9.47 Å². The van der Waals surface area contributed by atoms with Crippen LogP contribution >= 0.6 is 0 Å². The predicted octanol–water partition coefficient (Wildman–Crippen LogP) is 3.09. The molecule has 0 aliphatic carbocycles. The molecular weight excluding hydrogens is 200 g/mol. The lowest BCUT2D eigenvalue weighted by Gasteiger charge is -2.06. The first kappa shape index (κ1) is 11.9. The van der Waals surface area contributed by atoms with E-state index in [1.807, 2.05) is 0 Å². The standard InChI is InChI=1S/C14H22O2/c1-12(9-14-11-16-14)7-5-3-2-4-6-8-13-10-15-13/h2-4,6,12-14H,5,7-11H2,1H3. The fourth-order valence-electron chi connectivity index (χ4n) is 1.84. The van der Waals surface area contributed by atoms with Crippen molar-refractivity contribution in [3.63, 3.8) is 0 Å². The van der Waals surface area contributed by atoms with E-state index in [4.69, 9.17) is 9.47 Å². The third kappa shape index (κ3) is 5.47. The lowest BCUT2D eigenvalue weighted by molar-refractivity contribution is 0.354. The quantitative estimate of drug-likeness (QED) is 0.466. The van der Waals surface area contributed by atoms with E-state index in [-0.39, 0.29) is 0 Å². The molecule has 2 aliphatic heterocycles. The van der Waals surface area contributed by atoms with E-state index in [0.717, 1.165) is 25.6 Å². The summed E-state index contributed by atoms with van der Waals surface area (Å²) in [5, 5.41) is 0. The van der Waals surface area contributed by atoms with E-state index in [0.29, 0.717) is 12.2 Å². The van der Waals surface area contributed by atoms with Crippen LogP contribution in [0.2, 0.25) is 0 Å². The van der Waals surface area contributed by atoms with Crippen LogP contribution in [-0.2, 0) is 9.47 Å². The molecule has 0 spiro atoms. The van der Waals surface area contributed by atoms with Crippen LogP contribution in [0.4, 0.5) is 0 Å². The van der Waals surface area contributed by atoms with Gasteiger partial charge in [0.2, 0.25) is 0 Å². The highest BCUT2D eigenvalue weighted by Gasteiger charge is 2.24. The van der Waals surface area contributed by atoms with Gasteiger partial charge in [-0.1, -0.05) is 31.2 Å². The molecule has 16 heavy (non-hydrogen) atoms. The summed E-state index contributed by atoms with van der Waals surface area (Å²) in [5.74, 6) is 0.793. The number of epoxide rings is 2. The summed E-state index contributed by atoms with van der Waals surface area (Å²) in [4.78, 5) is 0. The molecule has 2 aliphatic rings. The molecule has 2 saturated heterocycles. The van der Waals surface area contributed by atoms with Gasteiger partial charge in [0, 0.05) is 0 Å². The van der Waals surface area contributed by atoms with Gasteiger partial charge in [0.25, 0.3) is 0 Å². The molecule has 0 N–H and O–H groups in total. The molecule has 2 rings (SSSR count). The number of allylic oxidation sites excluding steroid dienone is 3. The van der Waals surface area contributed by atoms with Gasteiger partial charge in [-0.05, 0) is 31.6 Å². The Kier molecular flexibility index (Phi) is 4.61. The van der Waals surface area contributed by atoms with E-state index < -0.39 is 0 Å². The largest absolute Gasteiger partial charge is 0.373 e. The average molecular weight is 222 g/mol. The Labute approximate surface area is 98.3 Å². The third-order valence-corrected chi connectivity index (χ3v) is 3.08. The summed E-state index contributed by atoms with van der Waals surface area (Å²) in [6.07, 6.45) is 14.6. The van der Waals surface area contributed by atoms with Crippen molar-refractivity contribution in [3.05, 3.63) is 24.3 Å². The van der Waals surface area contributed by atoms with Gasteiger partial charge in [0.15, 0.2) is 0 Å². The van der Waals surface area contributed by atoms with Crippen molar-refractivity contribution >= 4 is 0 Å². The second-order valence-electron chi connectivity index (χ2n) is 4.92. The summed E-state index contributed by atoms with van der Waals surface area (Å²) in [6, 6.07) is 0. The first-order valence-electron chi connectivity index (χ1n) is 6.39. The Balaban J connectivity index is 1.45. The highest BCUT2D eigenvalue weighted by Crippen LogP contribution is 2.22. The molecule has 0 amide bonds. The van der Waals surface area contributed by atoms with Crippen LogP contribution < -0.4 is 0 Å². The first-order chi connectivity index (χ1) is 7.84. The lowest BCUT2D eigenvalue weighted by Crippen LogP contribution is -1.98. The zero-order valence-electron chi connectivity index (χ0n) is 10.1. The molecule has 2 nitrogen and oxygen atoms in total. The molecule has 0 bridgehead atoms. The van der Waals surface area contributed by atoms with Crippen LogP contribution in [0.15, 0.2) is 24.3 Å². The predicted molar refractivity (Wildman–Crippen MR) is 65.4 cm³/mol. The Hall–Kier alpha value is -0.600. The Morgan fingerprint density at radius 1 is 1.12 bits per heavy atom. The normalized spacial score (nSPS) is 30.1. The van der Waals surface area contributed by atoms with Gasteiger partial charge in [-0.25, -0.2) is 0 Å². The van der Waals surface area contributed by atoms with E-state index in [9.17, 15) is 0 Å². The third-order valence-electron chi connectivity index (χ3n) is 3.08. The van der Waals surface area contributed by atoms with Gasteiger partial charge in [-0.3, -0.25) is 0 Å². The minimum Gasteiger partial charge on any atom is -0.373 e. The van der Waals surface area contributed by atoms with Crippen LogP contribution in [0.3, 0.4) is 0 Å². The summed E-state index contributed by atoms with van der Waals surface area (Å²) < 4.78 is 10.3. The Morgan fingerprint density at radius 3 is 2.50 bits per heavy atom. The van der Waals surface area contributed by atoms with E-state index >= 15 is 0 Å². The number of hydrogen-bond donors (Lipinski definition) is 0. The lowest BCUT2D eigenvalue weighted by atomic mass is 10.00. The van der Waals surface area contributed by atoms with E-state index in [2.05, 4.69) is 31.2 Å². The molecule has 2 heterocycles. The topological polar surface area (TPSA) is 25.1 Å². The molecule has 0 aromatic heterocycles. The van der Waals surface area contributed by atoms with Gasteiger partial charge in [-0.15, -0.1) is 0 Å². The Bertz CT molecular complexity index is 249. The first-order valence-corrected chi connectivity index (χ1v) is 6.39. The number of ether oxygens (including phenoxy) is 2. The van der Waals surface area contributed by atoms with Crippen LogP contribution in [0.25, 0.3) is 0 Å². The maximum absolute atomic E-state index is 5.23. The molecule has 0 aromatic carbocycles. The zero-order chi connectivity index (χ0) is 11.2. The fraction of sp³-hybridized carbons (Fsp3) is 0.714. The van der Waals surface area contributed by atoms with Crippen LogP contribution in [0.1, 0.15) is 32.6 Å². The molecule has 90 valence electrons. The molecule has 3 atom stereocenters. The summed E-state index contributed by atoms with van der Waals surface area (Å²) in [7, 11) is 0. The van der Waals surface area contributed by atoms with Crippen molar-refractivity contribution in [3.8, 4) is 0 Å². The second kappa shape index (κ2) is 6.21. The van der Waals surface area contributed by atoms with Crippen LogP contribution in [0.5, 0.6) is 0 Å². The summed E-state index contributed by atoms with van der Waals surface area (Å²) in [5.41, 5.74) is 0. The maximum Gasteiger partial charge on any atom is 0.0844 e. The van der Waals surface area contributed by atoms with E-state index in [1.165, 1.54) is 19.3 Å². The number of rotatable bonds is 8. The van der Waals surface area contributed by atoms with Crippen molar-refractivity contribution in [1.29, 1.82) is 0 Å². The SMILES string of the molecule is CC(CCC=CC=CCC1CO1)CC1CO1. The maximum atomic E-state index is 5.23. The molecule has 0 saturated carbocycles. The summed E-state index contributed by atoms with van der Waals surface area (Å²) >= 11 is 0. The minimum atomic E-state index is 0.517. The van der Waals surface area contributed by atoms with Crippen molar-refractivity contribution in [1.82, 2.24) is 0 Å². The second-order valence-corrected chi connectivity index (χ2v) is 4.92. The molecule has 0 radical (unpaired) electrons. The molecule has 2 heteroatoms. The van der Waals surface area contributed by atoms with Crippen molar-refractivity contribution < 1.29 is 9.47 Å². The smallest absolute Gasteiger partial charge is 0.0844 e. The van der Waals surface area contributed by atoms with Gasteiger partial charge in [0.1, 0.15) is 0 Å². The molecule has 2 fully saturated rings. The van der Waals surface area contributed by atoms with Gasteiger partial charge in [-0.2, -0.15) is 0 Å². The zero-order valence-corrected chi connectivity index (χ0v) is 10.1. The monoisotopic (exact) mass is 222 g/mol. The highest BCUT2D eigenvalue weighted by molar-refractivity contribution is 5.03. The van der Waals surface area contributed by atoms with Gasteiger partial charge in [0.05, 0.1) is 25.4 Å². The van der Waals surface area contributed by atoms with E-state index in [1.54, 1.807) is 0 Å². The number of hydrogen-bond acceptors (Lipinski definition) is 2. The summed E-state index contributed by atoms with van der Waals surface area (Å²) in [6.45, 7) is 4.26. The van der Waals surface area contributed by atoms with Crippen LogP contribution in [-0.4, -0.2) is 25.4 Å². The van der Waals surface area contributed by atoms with Crippen molar-refractivity contribution in [2.24, 2.45) is 5.92 Å². The fourth-order valence-corrected chi connectivity index (χ4v) is 1.84. The highest BCUT2D eigenvalue weighted by atomic mass is 16.6. The average Bonchev–Trinajstić information content (AvgIpc) is 3.10. The molecular formula is C14H22O2. The van der Waals surface area contributed by atoms with Crippen molar-refractivity contribution in [2.75, 3.05) is 13.2 Å². The Morgan fingerprint density at radius 2 is 1.81 bits per heavy atom. The minimum absolute atomic E-state index is 0.517. The molecule has 0 aromatic rings. The van der Waals surface area contributed by atoms with Gasteiger partial charge >= 0.3 is 0 Å². The van der Waals surface area contributed by atoms with Crippen LogP contribution in [0, 0.1) is 5.92 Å². The van der Waals surface area contributed by atoms with Crippen molar-refractivity contribution in [2.45, 2.75) is 44.8 Å².